The second kappa shape index (κ2) is 6.14. The van der Waals surface area contributed by atoms with Crippen LogP contribution in [-0.4, -0.2) is 20.9 Å². The molecule has 2 aromatic heterocycles. The van der Waals surface area contributed by atoms with E-state index in [1.807, 2.05) is 6.92 Å². The molecule has 1 atom stereocenters. The molecule has 2 heterocycles. The topological polar surface area (TPSA) is 99.0 Å². The third-order valence-electron chi connectivity index (χ3n) is 2.72. The minimum absolute atomic E-state index is 0.115. The van der Waals surface area contributed by atoms with E-state index in [1.165, 1.54) is 4.68 Å². The Hall–Kier alpha value is -2.15. The average Bonchev–Trinajstić information content (AvgIpc) is 3.06. The quantitative estimate of drug-likeness (QED) is 0.795. The summed E-state index contributed by atoms with van der Waals surface area (Å²) in [7, 11) is 0. The molecule has 0 aliphatic heterocycles. The van der Waals surface area contributed by atoms with Crippen LogP contribution in [0.25, 0.3) is 0 Å². The standard InChI is InChI=1S/C12H17N5O2/c1-2-10(13)11-7-17(16-15-11)8-12(18)14-6-9-4-3-5-19-9/h3-5,7,10H,2,6,8,13H2,1H3,(H,14,18). The number of rotatable bonds is 6. The summed E-state index contributed by atoms with van der Waals surface area (Å²) in [5, 5.41) is 10.5. The Bertz CT molecular complexity index is 520. The van der Waals surface area contributed by atoms with Gasteiger partial charge in [0, 0.05) is 0 Å². The van der Waals surface area contributed by atoms with Crippen LogP contribution in [0, 0.1) is 0 Å². The van der Waals surface area contributed by atoms with Crippen LogP contribution in [-0.2, 0) is 17.9 Å². The van der Waals surface area contributed by atoms with Crippen LogP contribution in [0.1, 0.15) is 30.8 Å². The van der Waals surface area contributed by atoms with Crippen molar-refractivity contribution in [3.8, 4) is 0 Å². The molecule has 0 radical (unpaired) electrons. The zero-order valence-electron chi connectivity index (χ0n) is 10.7. The molecule has 1 unspecified atom stereocenters. The van der Waals surface area contributed by atoms with E-state index in [2.05, 4.69) is 15.6 Å². The van der Waals surface area contributed by atoms with Gasteiger partial charge in [0.05, 0.1) is 30.7 Å². The minimum atomic E-state index is -0.155. The summed E-state index contributed by atoms with van der Waals surface area (Å²) in [6.45, 7) is 2.45. The fourth-order valence-corrected chi connectivity index (χ4v) is 1.57. The van der Waals surface area contributed by atoms with Gasteiger partial charge in [-0.15, -0.1) is 5.10 Å². The Kier molecular flexibility index (Phi) is 4.30. The van der Waals surface area contributed by atoms with Gasteiger partial charge < -0.3 is 15.5 Å². The number of carbonyl (C=O) groups is 1. The van der Waals surface area contributed by atoms with Gasteiger partial charge in [-0.05, 0) is 18.6 Å². The predicted molar refractivity (Wildman–Crippen MR) is 67.8 cm³/mol. The van der Waals surface area contributed by atoms with E-state index in [9.17, 15) is 4.79 Å². The highest BCUT2D eigenvalue weighted by atomic mass is 16.3. The van der Waals surface area contributed by atoms with Crippen LogP contribution >= 0.6 is 0 Å². The highest BCUT2D eigenvalue weighted by molar-refractivity contribution is 5.75. The highest BCUT2D eigenvalue weighted by Crippen LogP contribution is 2.08. The summed E-state index contributed by atoms with van der Waals surface area (Å²) >= 11 is 0. The van der Waals surface area contributed by atoms with Crippen LogP contribution in [0.2, 0.25) is 0 Å². The Morgan fingerprint density at radius 2 is 2.47 bits per heavy atom. The molecule has 0 saturated carbocycles. The molecule has 0 aliphatic carbocycles. The van der Waals surface area contributed by atoms with Gasteiger partial charge in [-0.3, -0.25) is 4.79 Å². The normalized spacial score (nSPS) is 12.3. The van der Waals surface area contributed by atoms with E-state index >= 15 is 0 Å². The van der Waals surface area contributed by atoms with E-state index in [0.717, 1.165) is 6.42 Å². The number of aromatic nitrogens is 3. The van der Waals surface area contributed by atoms with E-state index in [4.69, 9.17) is 10.2 Å². The van der Waals surface area contributed by atoms with E-state index in [-0.39, 0.29) is 18.5 Å². The maximum atomic E-state index is 11.7. The predicted octanol–water partition coefficient (Wildman–Crippen LogP) is 0.597. The first-order valence-corrected chi connectivity index (χ1v) is 6.13. The van der Waals surface area contributed by atoms with Crippen molar-refractivity contribution in [3.63, 3.8) is 0 Å². The lowest BCUT2D eigenvalue weighted by Gasteiger charge is -2.03. The number of hydrogen-bond acceptors (Lipinski definition) is 5. The van der Waals surface area contributed by atoms with Crippen LogP contribution in [0.15, 0.2) is 29.0 Å². The zero-order valence-corrected chi connectivity index (χ0v) is 10.7. The largest absolute Gasteiger partial charge is 0.467 e. The summed E-state index contributed by atoms with van der Waals surface area (Å²) < 4.78 is 6.59. The van der Waals surface area contributed by atoms with E-state index < -0.39 is 0 Å². The summed E-state index contributed by atoms with van der Waals surface area (Å²) in [4.78, 5) is 11.7. The van der Waals surface area contributed by atoms with Crippen molar-refractivity contribution in [1.29, 1.82) is 0 Å². The molecule has 7 heteroatoms. The summed E-state index contributed by atoms with van der Waals surface area (Å²) in [6, 6.07) is 3.44. The van der Waals surface area contributed by atoms with Crippen molar-refractivity contribution in [2.45, 2.75) is 32.5 Å². The highest BCUT2D eigenvalue weighted by Gasteiger charge is 2.10. The van der Waals surface area contributed by atoms with E-state index in [1.54, 1.807) is 24.6 Å². The third-order valence-corrected chi connectivity index (χ3v) is 2.72. The van der Waals surface area contributed by atoms with Crippen molar-refractivity contribution < 1.29 is 9.21 Å². The number of nitrogens with one attached hydrogen (secondary N) is 1. The second-order valence-corrected chi connectivity index (χ2v) is 4.21. The zero-order chi connectivity index (χ0) is 13.7. The van der Waals surface area contributed by atoms with Gasteiger partial charge in [0.25, 0.3) is 0 Å². The van der Waals surface area contributed by atoms with Crippen molar-refractivity contribution in [2.75, 3.05) is 0 Å². The fourth-order valence-electron chi connectivity index (χ4n) is 1.57. The number of amides is 1. The minimum Gasteiger partial charge on any atom is -0.467 e. The second-order valence-electron chi connectivity index (χ2n) is 4.21. The molecule has 2 rings (SSSR count). The number of nitrogens with zero attached hydrogens (tertiary/aromatic N) is 3. The van der Waals surface area contributed by atoms with Crippen molar-refractivity contribution in [1.82, 2.24) is 20.3 Å². The van der Waals surface area contributed by atoms with Gasteiger partial charge >= 0.3 is 0 Å². The van der Waals surface area contributed by atoms with Crippen LogP contribution in [0.5, 0.6) is 0 Å². The van der Waals surface area contributed by atoms with Gasteiger partial charge in [0.1, 0.15) is 12.3 Å². The molecule has 19 heavy (non-hydrogen) atoms. The maximum absolute atomic E-state index is 11.7. The lowest BCUT2D eigenvalue weighted by molar-refractivity contribution is -0.122. The molecule has 0 aromatic carbocycles. The van der Waals surface area contributed by atoms with Crippen molar-refractivity contribution in [3.05, 3.63) is 36.0 Å². The molecule has 102 valence electrons. The molecule has 0 saturated heterocycles. The first-order chi connectivity index (χ1) is 9.19. The maximum Gasteiger partial charge on any atom is 0.242 e. The molecule has 1 amide bonds. The molecule has 0 fully saturated rings. The van der Waals surface area contributed by atoms with Crippen molar-refractivity contribution >= 4 is 5.91 Å². The lowest BCUT2D eigenvalue weighted by Crippen LogP contribution is -2.27. The fraction of sp³-hybridized carbons (Fsp3) is 0.417. The summed E-state index contributed by atoms with van der Waals surface area (Å²) in [5.74, 6) is 0.554. The molecule has 7 nitrogen and oxygen atoms in total. The average molecular weight is 263 g/mol. The van der Waals surface area contributed by atoms with Gasteiger partial charge in [0.2, 0.25) is 5.91 Å². The Labute approximate surface area is 110 Å². The lowest BCUT2D eigenvalue weighted by atomic mass is 10.2. The molecular formula is C12H17N5O2. The van der Waals surface area contributed by atoms with Gasteiger partial charge in [-0.25, -0.2) is 4.68 Å². The molecular weight excluding hydrogens is 246 g/mol. The third kappa shape index (κ3) is 3.65. The first-order valence-electron chi connectivity index (χ1n) is 6.13. The number of nitrogens with two attached hydrogens (primary N) is 1. The van der Waals surface area contributed by atoms with Crippen LogP contribution in [0.3, 0.4) is 0 Å². The molecule has 2 aromatic rings. The Balaban J connectivity index is 1.83. The van der Waals surface area contributed by atoms with Crippen LogP contribution in [0.4, 0.5) is 0 Å². The van der Waals surface area contributed by atoms with Gasteiger partial charge in [-0.2, -0.15) is 0 Å². The first kappa shape index (κ1) is 13.3. The van der Waals surface area contributed by atoms with Crippen molar-refractivity contribution in [2.24, 2.45) is 5.73 Å². The van der Waals surface area contributed by atoms with E-state index in [0.29, 0.717) is 18.0 Å². The Morgan fingerprint density at radius 1 is 1.63 bits per heavy atom. The smallest absolute Gasteiger partial charge is 0.242 e. The van der Waals surface area contributed by atoms with Crippen LogP contribution < -0.4 is 11.1 Å². The molecule has 0 spiro atoms. The summed E-state index contributed by atoms with van der Waals surface area (Å²) in [5.41, 5.74) is 6.53. The number of furan rings is 1. The number of hydrogen-bond donors (Lipinski definition) is 2. The molecule has 0 bridgehead atoms. The SMILES string of the molecule is CCC(N)c1cn(CC(=O)NCc2ccco2)nn1. The monoisotopic (exact) mass is 263 g/mol. The Morgan fingerprint density at radius 3 is 3.16 bits per heavy atom. The summed E-state index contributed by atoms with van der Waals surface area (Å²) in [6.07, 6.45) is 4.04. The van der Waals surface area contributed by atoms with Gasteiger partial charge in [-0.1, -0.05) is 12.1 Å². The molecule has 0 aliphatic rings. The van der Waals surface area contributed by atoms with Gasteiger partial charge in [0.15, 0.2) is 0 Å². The number of carbonyl (C=O) groups excluding carboxylic acids is 1. The molecule has 3 N–H and O–H groups in total.